The minimum Gasteiger partial charge on any atom is -0.381 e. The number of aromatic nitrogens is 4. The van der Waals surface area contributed by atoms with E-state index in [0.717, 1.165) is 39.2 Å². The van der Waals surface area contributed by atoms with Gasteiger partial charge in [-0.05, 0) is 18.2 Å². The van der Waals surface area contributed by atoms with Gasteiger partial charge in [0.25, 0.3) is 0 Å². The van der Waals surface area contributed by atoms with Crippen molar-refractivity contribution in [1.29, 1.82) is 0 Å². The molecule has 7 heteroatoms. The van der Waals surface area contributed by atoms with Crippen LogP contribution in [-0.2, 0) is 5.41 Å². The normalized spacial score (nSPS) is 11.6. The number of nitrogens with two attached hydrogens (primary N) is 1. The minimum absolute atomic E-state index is 0.308. The second-order valence-corrected chi connectivity index (χ2v) is 8.55. The maximum atomic E-state index is 6.36. The molecule has 5 rings (SSSR count). The van der Waals surface area contributed by atoms with Gasteiger partial charge >= 0.3 is 0 Å². The summed E-state index contributed by atoms with van der Waals surface area (Å²) < 4.78 is 5.36. The zero-order chi connectivity index (χ0) is 22.8. The summed E-state index contributed by atoms with van der Waals surface area (Å²) in [4.78, 5) is 14.1. The zero-order valence-electron chi connectivity index (χ0n) is 18.5. The lowest BCUT2D eigenvalue weighted by Gasteiger charge is -2.23. The van der Waals surface area contributed by atoms with Crippen LogP contribution in [0.4, 0.5) is 11.6 Å². The van der Waals surface area contributed by atoms with Crippen molar-refractivity contribution in [1.82, 2.24) is 20.1 Å². The molecule has 0 fully saturated rings. The first-order chi connectivity index (χ1) is 16.0. The van der Waals surface area contributed by atoms with Gasteiger partial charge in [0.05, 0.1) is 23.1 Å². The van der Waals surface area contributed by atoms with Gasteiger partial charge in [-0.1, -0.05) is 61.5 Å². The van der Waals surface area contributed by atoms with E-state index in [4.69, 9.17) is 20.2 Å². The van der Waals surface area contributed by atoms with E-state index in [1.165, 1.54) is 0 Å². The Hall–Kier alpha value is -4.26. The summed E-state index contributed by atoms with van der Waals surface area (Å²) in [7, 11) is 0. The fourth-order valence-electron chi connectivity index (χ4n) is 3.76. The topological polar surface area (TPSA) is 103 Å². The van der Waals surface area contributed by atoms with Gasteiger partial charge < -0.3 is 15.6 Å². The number of rotatable bonds is 6. The van der Waals surface area contributed by atoms with Crippen molar-refractivity contribution < 1.29 is 4.52 Å². The number of nitrogens with zero attached hydrogens (tertiary/aromatic N) is 4. The molecule has 3 heterocycles. The largest absolute Gasteiger partial charge is 0.381 e. The van der Waals surface area contributed by atoms with Crippen molar-refractivity contribution in [3.63, 3.8) is 0 Å². The van der Waals surface area contributed by atoms with Crippen LogP contribution in [0.2, 0.25) is 0 Å². The molecule has 0 saturated heterocycles. The van der Waals surface area contributed by atoms with Crippen LogP contribution in [0, 0.1) is 0 Å². The van der Waals surface area contributed by atoms with E-state index in [9.17, 15) is 0 Å². The molecule has 2 aromatic carbocycles. The molecule has 0 amide bonds. The predicted octanol–water partition coefficient (Wildman–Crippen LogP) is 5.32. The van der Waals surface area contributed by atoms with Crippen molar-refractivity contribution in [2.75, 3.05) is 17.6 Å². The number of anilines is 2. The summed E-state index contributed by atoms with van der Waals surface area (Å²) in [6.07, 6.45) is 3.44. The van der Waals surface area contributed by atoms with Gasteiger partial charge in [0, 0.05) is 40.7 Å². The lowest BCUT2D eigenvalue weighted by molar-refractivity contribution is 0.323. The maximum Gasteiger partial charge on any atom is 0.169 e. The Bertz CT molecular complexity index is 1400. The molecular formula is C26H24N6O. The summed E-state index contributed by atoms with van der Waals surface area (Å²) in [6, 6.07) is 21.9. The monoisotopic (exact) mass is 436 g/mol. The van der Waals surface area contributed by atoms with Crippen molar-refractivity contribution in [2.24, 2.45) is 0 Å². The van der Waals surface area contributed by atoms with Gasteiger partial charge in [-0.3, -0.25) is 4.98 Å². The fourth-order valence-corrected chi connectivity index (χ4v) is 3.76. The number of hydrogen-bond acceptors (Lipinski definition) is 7. The molecular weight excluding hydrogens is 412 g/mol. The molecule has 5 aromatic rings. The van der Waals surface area contributed by atoms with Crippen LogP contribution < -0.4 is 11.1 Å². The Labute approximate surface area is 191 Å². The number of pyridine rings is 1. The summed E-state index contributed by atoms with van der Waals surface area (Å²) >= 11 is 0. The molecule has 7 nitrogen and oxygen atoms in total. The maximum absolute atomic E-state index is 6.36. The summed E-state index contributed by atoms with van der Waals surface area (Å²) in [6.45, 7) is 4.69. The Morgan fingerprint density at radius 1 is 0.879 bits per heavy atom. The number of fused-ring (bicyclic) bond motifs is 1. The van der Waals surface area contributed by atoms with Crippen molar-refractivity contribution in [3.05, 3.63) is 84.9 Å². The van der Waals surface area contributed by atoms with E-state index >= 15 is 0 Å². The molecule has 0 bridgehead atoms. The molecule has 33 heavy (non-hydrogen) atoms. The molecule has 0 spiro atoms. The van der Waals surface area contributed by atoms with Crippen LogP contribution in [0.25, 0.3) is 33.4 Å². The third kappa shape index (κ3) is 4.13. The second-order valence-electron chi connectivity index (χ2n) is 8.55. The SMILES string of the molecule is CC(C)(CNc1nc(-c2ccc3ncccc3c2)c(-c2ccccc2)nc1N)c1ccno1. The van der Waals surface area contributed by atoms with E-state index in [0.29, 0.717) is 18.2 Å². The van der Waals surface area contributed by atoms with Gasteiger partial charge in [-0.2, -0.15) is 0 Å². The van der Waals surface area contributed by atoms with Gasteiger partial charge in [0.15, 0.2) is 11.6 Å². The third-order valence-electron chi connectivity index (χ3n) is 5.65. The van der Waals surface area contributed by atoms with E-state index in [1.807, 2.05) is 60.7 Å². The van der Waals surface area contributed by atoms with Crippen LogP contribution in [0.3, 0.4) is 0 Å². The van der Waals surface area contributed by atoms with Gasteiger partial charge in [0.2, 0.25) is 0 Å². The minimum atomic E-state index is -0.308. The van der Waals surface area contributed by atoms with Gasteiger partial charge in [0.1, 0.15) is 5.76 Å². The Morgan fingerprint density at radius 3 is 2.48 bits per heavy atom. The van der Waals surface area contributed by atoms with Crippen molar-refractivity contribution in [2.45, 2.75) is 19.3 Å². The van der Waals surface area contributed by atoms with Gasteiger partial charge in [-0.25, -0.2) is 9.97 Å². The standard InChI is InChI=1S/C26H24N6O/c1-26(2,21-12-14-30-33-21)16-29-25-24(27)31-22(17-7-4-3-5-8-17)23(32-25)19-10-11-20-18(15-19)9-6-13-28-20/h3-15H,16H2,1-2H3,(H2,27,31)(H,29,32). The van der Waals surface area contributed by atoms with Gasteiger partial charge in [-0.15, -0.1) is 0 Å². The average molecular weight is 437 g/mol. The fraction of sp³-hybridized carbons (Fsp3) is 0.154. The van der Waals surface area contributed by atoms with E-state index in [-0.39, 0.29) is 5.41 Å². The summed E-state index contributed by atoms with van der Waals surface area (Å²) in [5, 5.41) is 8.23. The van der Waals surface area contributed by atoms with E-state index < -0.39 is 0 Å². The molecule has 0 unspecified atom stereocenters. The van der Waals surface area contributed by atoms with Crippen molar-refractivity contribution in [3.8, 4) is 22.5 Å². The highest BCUT2D eigenvalue weighted by Gasteiger charge is 2.25. The van der Waals surface area contributed by atoms with Crippen LogP contribution in [0.1, 0.15) is 19.6 Å². The molecule has 0 aliphatic rings. The molecule has 3 N–H and O–H groups in total. The van der Waals surface area contributed by atoms with Crippen LogP contribution in [0.5, 0.6) is 0 Å². The highest BCUT2D eigenvalue weighted by atomic mass is 16.5. The first kappa shape index (κ1) is 20.6. The van der Waals surface area contributed by atoms with Crippen LogP contribution >= 0.6 is 0 Å². The first-order valence-corrected chi connectivity index (χ1v) is 10.7. The summed E-state index contributed by atoms with van der Waals surface area (Å²) in [5.41, 5.74) is 10.4. The number of hydrogen-bond donors (Lipinski definition) is 2. The first-order valence-electron chi connectivity index (χ1n) is 10.7. The summed E-state index contributed by atoms with van der Waals surface area (Å²) in [5.74, 6) is 1.65. The predicted molar refractivity (Wildman–Crippen MR) is 131 cm³/mol. The van der Waals surface area contributed by atoms with Crippen LogP contribution in [-0.4, -0.2) is 26.7 Å². The van der Waals surface area contributed by atoms with E-state index in [2.05, 4.69) is 35.4 Å². The number of nitrogen functional groups attached to an aromatic ring is 1. The van der Waals surface area contributed by atoms with E-state index in [1.54, 1.807) is 12.4 Å². The Morgan fingerprint density at radius 2 is 1.70 bits per heavy atom. The molecule has 0 aliphatic heterocycles. The zero-order valence-corrected chi connectivity index (χ0v) is 18.5. The third-order valence-corrected chi connectivity index (χ3v) is 5.65. The highest BCUT2D eigenvalue weighted by molar-refractivity contribution is 5.88. The van der Waals surface area contributed by atoms with Crippen molar-refractivity contribution >= 4 is 22.5 Å². The lowest BCUT2D eigenvalue weighted by Crippen LogP contribution is -2.28. The molecule has 0 atom stereocenters. The Kier molecular flexibility index (Phi) is 5.22. The molecule has 164 valence electrons. The lowest BCUT2D eigenvalue weighted by atomic mass is 9.90. The number of benzene rings is 2. The quantitative estimate of drug-likeness (QED) is 0.371. The Balaban J connectivity index is 1.59. The smallest absolute Gasteiger partial charge is 0.169 e. The average Bonchev–Trinajstić information content (AvgIpc) is 3.40. The second kappa shape index (κ2) is 8.35. The molecule has 3 aromatic heterocycles. The molecule has 0 radical (unpaired) electrons. The van der Waals surface area contributed by atoms with Crippen LogP contribution in [0.15, 0.2) is 83.6 Å². The number of nitrogens with one attached hydrogen (secondary N) is 1. The molecule has 0 saturated carbocycles. The highest BCUT2D eigenvalue weighted by Crippen LogP contribution is 2.34. The molecule has 0 aliphatic carbocycles.